The van der Waals surface area contributed by atoms with Gasteiger partial charge in [0.15, 0.2) is 5.83 Å². The molecule has 3 rings (SSSR count). The van der Waals surface area contributed by atoms with Crippen molar-refractivity contribution in [3.63, 3.8) is 0 Å². The first-order chi connectivity index (χ1) is 17.4. The molecule has 10 heteroatoms. The average molecular weight is 511 g/mol. The van der Waals surface area contributed by atoms with Crippen LogP contribution < -0.4 is 21.1 Å². The van der Waals surface area contributed by atoms with Crippen LogP contribution in [0.15, 0.2) is 48.8 Å². The number of alkyl halides is 1. The van der Waals surface area contributed by atoms with E-state index < -0.39 is 29.7 Å². The Morgan fingerprint density at radius 2 is 1.84 bits per heavy atom. The van der Waals surface area contributed by atoms with Gasteiger partial charge in [-0.1, -0.05) is 18.7 Å². The molecule has 5 N–H and O–H groups in total. The second-order valence-corrected chi connectivity index (χ2v) is 8.53. The molecular weight excluding hydrogens is 482 g/mol. The van der Waals surface area contributed by atoms with E-state index in [1.165, 1.54) is 20.1 Å². The zero-order valence-electron chi connectivity index (χ0n) is 20.9. The van der Waals surface area contributed by atoms with E-state index in [1.807, 2.05) is 0 Å². The van der Waals surface area contributed by atoms with Gasteiger partial charge in [0, 0.05) is 29.1 Å². The number of ether oxygens (including phenoxy) is 1. The first kappa shape index (κ1) is 27.1. The summed E-state index contributed by atoms with van der Waals surface area (Å²) in [5.41, 5.74) is 10.2. The van der Waals surface area contributed by atoms with Crippen molar-refractivity contribution in [3.8, 4) is 28.0 Å². The molecule has 1 heterocycles. The highest BCUT2D eigenvalue weighted by Crippen LogP contribution is 2.41. The standard InChI is InChI=1S/C27H28F2N4O4/c1-13-10-18(33-26(35)15(3)29)7-9-19(13)22-16(4)32-24(25(30)34)23(22)17-6-8-20(21(11-17)37-5)27(36)31-12-14(2)28/h6-11,14,32H,3,12H2,1-2,4-5H3,(H2,30,34)(H,31,36)(H,33,35). The van der Waals surface area contributed by atoms with Crippen molar-refractivity contribution in [2.24, 2.45) is 5.73 Å². The Bertz CT molecular complexity index is 1400. The number of benzene rings is 2. The fourth-order valence-electron chi connectivity index (χ4n) is 4.02. The maximum absolute atomic E-state index is 13.2. The smallest absolute Gasteiger partial charge is 0.283 e. The third-order valence-electron chi connectivity index (χ3n) is 5.71. The Hall–Kier alpha value is -4.47. The predicted octanol–water partition coefficient (Wildman–Crippen LogP) is 4.58. The van der Waals surface area contributed by atoms with Crippen molar-refractivity contribution in [1.82, 2.24) is 10.3 Å². The Kier molecular flexibility index (Phi) is 8.11. The summed E-state index contributed by atoms with van der Waals surface area (Å²) < 4.78 is 31.7. The highest BCUT2D eigenvalue weighted by atomic mass is 19.1. The zero-order valence-corrected chi connectivity index (χ0v) is 20.9. The molecule has 8 nitrogen and oxygen atoms in total. The summed E-state index contributed by atoms with van der Waals surface area (Å²) in [7, 11) is 1.40. The third-order valence-corrected chi connectivity index (χ3v) is 5.71. The topological polar surface area (TPSA) is 126 Å². The van der Waals surface area contributed by atoms with Gasteiger partial charge in [0.2, 0.25) is 0 Å². The lowest BCUT2D eigenvalue weighted by molar-refractivity contribution is -0.114. The fraction of sp³-hybridized carbons (Fsp3) is 0.222. The van der Waals surface area contributed by atoms with Gasteiger partial charge in [0.25, 0.3) is 17.7 Å². The SMILES string of the molecule is C=C(F)C(=O)Nc1ccc(-c2c(C)[nH]c(C(N)=O)c2-c2ccc(C(=O)NCC(C)F)c(OC)c2)c(C)c1. The molecule has 2 aromatic carbocycles. The minimum Gasteiger partial charge on any atom is -0.496 e. The number of nitrogens with two attached hydrogens (primary N) is 1. The summed E-state index contributed by atoms with van der Waals surface area (Å²) in [5, 5.41) is 4.92. The lowest BCUT2D eigenvalue weighted by Gasteiger charge is -2.15. The zero-order chi connectivity index (χ0) is 27.4. The molecule has 0 spiro atoms. The van der Waals surface area contributed by atoms with E-state index in [1.54, 1.807) is 44.2 Å². The average Bonchev–Trinajstić information content (AvgIpc) is 3.19. The van der Waals surface area contributed by atoms with Crippen molar-refractivity contribution in [2.75, 3.05) is 19.0 Å². The normalized spacial score (nSPS) is 11.5. The van der Waals surface area contributed by atoms with Gasteiger partial charge in [-0.05, 0) is 61.7 Å². The molecule has 0 aliphatic carbocycles. The Labute approximate surface area is 212 Å². The summed E-state index contributed by atoms with van der Waals surface area (Å²) in [6, 6.07) is 9.76. The van der Waals surface area contributed by atoms with Gasteiger partial charge < -0.3 is 26.1 Å². The van der Waals surface area contributed by atoms with E-state index >= 15 is 0 Å². The number of aromatic nitrogens is 1. The van der Waals surface area contributed by atoms with E-state index in [4.69, 9.17) is 10.5 Å². The molecule has 3 amide bonds. The van der Waals surface area contributed by atoms with E-state index in [9.17, 15) is 23.2 Å². The molecule has 0 fully saturated rings. The number of aryl methyl sites for hydroxylation is 2. The van der Waals surface area contributed by atoms with Gasteiger partial charge >= 0.3 is 0 Å². The molecule has 0 aliphatic heterocycles. The number of carbonyl (C=O) groups excluding carboxylic acids is 3. The van der Waals surface area contributed by atoms with Crippen LogP contribution in [0.25, 0.3) is 22.3 Å². The second-order valence-electron chi connectivity index (χ2n) is 8.53. The molecule has 0 bridgehead atoms. The van der Waals surface area contributed by atoms with Crippen LogP contribution in [-0.4, -0.2) is 42.5 Å². The van der Waals surface area contributed by atoms with Gasteiger partial charge in [-0.3, -0.25) is 14.4 Å². The molecule has 1 unspecified atom stereocenters. The van der Waals surface area contributed by atoms with Crippen LogP contribution in [0.5, 0.6) is 5.75 Å². The summed E-state index contributed by atoms with van der Waals surface area (Å²) in [6.07, 6.45) is -1.21. The monoisotopic (exact) mass is 510 g/mol. The summed E-state index contributed by atoms with van der Waals surface area (Å²) in [5.74, 6) is -3.02. The molecule has 0 saturated carbocycles. The minimum atomic E-state index is -1.21. The highest BCUT2D eigenvalue weighted by molar-refractivity contribution is 6.06. The maximum Gasteiger partial charge on any atom is 0.283 e. The van der Waals surface area contributed by atoms with Crippen LogP contribution in [0.2, 0.25) is 0 Å². The molecule has 0 saturated heterocycles. The molecule has 194 valence electrons. The number of methoxy groups -OCH3 is 1. The van der Waals surface area contributed by atoms with Crippen molar-refractivity contribution in [3.05, 3.63) is 71.3 Å². The number of H-pyrrole nitrogens is 1. The van der Waals surface area contributed by atoms with Gasteiger partial charge in [0.05, 0.1) is 12.7 Å². The van der Waals surface area contributed by atoms with Gasteiger partial charge in [0.1, 0.15) is 17.6 Å². The number of nitrogens with one attached hydrogen (secondary N) is 3. The number of anilines is 1. The largest absolute Gasteiger partial charge is 0.496 e. The Morgan fingerprint density at radius 1 is 1.14 bits per heavy atom. The van der Waals surface area contributed by atoms with Crippen molar-refractivity contribution < 1.29 is 27.9 Å². The van der Waals surface area contributed by atoms with Crippen LogP contribution in [-0.2, 0) is 4.79 Å². The molecule has 0 radical (unpaired) electrons. The lowest BCUT2D eigenvalue weighted by atomic mass is 9.91. The number of hydrogen-bond donors (Lipinski definition) is 4. The Morgan fingerprint density at radius 3 is 2.41 bits per heavy atom. The predicted molar refractivity (Wildman–Crippen MR) is 138 cm³/mol. The van der Waals surface area contributed by atoms with Gasteiger partial charge in [-0.2, -0.15) is 0 Å². The number of rotatable bonds is 9. The number of primary amides is 1. The van der Waals surface area contributed by atoms with Crippen LogP contribution in [0.4, 0.5) is 14.5 Å². The van der Waals surface area contributed by atoms with Crippen LogP contribution in [0, 0.1) is 13.8 Å². The number of aromatic amines is 1. The summed E-state index contributed by atoms with van der Waals surface area (Å²) >= 11 is 0. The second kappa shape index (κ2) is 11.1. The van der Waals surface area contributed by atoms with Crippen molar-refractivity contribution in [2.45, 2.75) is 26.9 Å². The number of hydrogen-bond acceptors (Lipinski definition) is 4. The number of carbonyl (C=O) groups is 3. The van der Waals surface area contributed by atoms with Crippen LogP contribution in [0.3, 0.4) is 0 Å². The van der Waals surface area contributed by atoms with Crippen LogP contribution in [0.1, 0.15) is 39.0 Å². The Balaban J connectivity index is 2.13. The van der Waals surface area contributed by atoms with Crippen molar-refractivity contribution in [1.29, 1.82) is 0 Å². The molecule has 3 aromatic rings. The first-order valence-corrected chi connectivity index (χ1v) is 11.3. The highest BCUT2D eigenvalue weighted by Gasteiger charge is 2.24. The molecule has 37 heavy (non-hydrogen) atoms. The van der Waals surface area contributed by atoms with E-state index in [0.29, 0.717) is 28.1 Å². The maximum atomic E-state index is 13.2. The van der Waals surface area contributed by atoms with E-state index in [0.717, 1.165) is 11.1 Å². The van der Waals surface area contributed by atoms with Crippen LogP contribution >= 0.6 is 0 Å². The molecule has 0 aliphatic rings. The summed E-state index contributed by atoms with van der Waals surface area (Å²) in [4.78, 5) is 39.6. The molecule has 1 atom stereocenters. The van der Waals surface area contributed by atoms with Crippen molar-refractivity contribution >= 4 is 23.4 Å². The minimum absolute atomic E-state index is 0.147. The quantitative estimate of drug-likeness (QED) is 0.314. The number of halogens is 2. The third kappa shape index (κ3) is 5.85. The first-order valence-electron chi connectivity index (χ1n) is 11.3. The van der Waals surface area contributed by atoms with Gasteiger partial charge in [-0.25, -0.2) is 8.78 Å². The fourth-order valence-corrected chi connectivity index (χ4v) is 4.02. The van der Waals surface area contributed by atoms with E-state index in [-0.39, 0.29) is 23.6 Å². The van der Waals surface area contributed by atoms with E-state index in [2.05, 4.69) is 22.2 Å². The molecular formula is C27H28F2N4O4. The number of amides is 3. The van der Waals surface area contributed by atoms with Gasteiger partial charge in [-0.15, -0.1) is 0 Å². The lowest BCUT2D eigenvalue weighted by Crippen LogP contribution is -2.29. The molecule has 1 aromatic heterocycles. The summed E-state index contributed by atoms with van der Waals surface area (Å²) in [6.45, 7) is 7.76.